The van der Waals surface area contributed by atoms with Crippen molar-refractivity contribution in [3.8, 4) is 0 Å². The number of piperazine rings is 1. The molecule has 0 radical (unpaired) electrons. The highest BCUT2D eigenvalue weighted by Crippen LogP contribution is 2.23. The Kier molecular flexibility index (Phi) is 3.88. The van der Waals surface area contributed by atoms with Gasteiger partial charge in [0, 0.05) is 0 Å². The lowest BCUT2D eigenvalue weighted by Gasteiger charge is -2.36. The van der Waals surface area contributed by atoms with Crippen LogP contribution < -0.4 is 5.32 Å². The van der Waals surface area contributed by atoms with Crippen LogP contribution in [-0.2, 0) is 9.59 Å². The van der Waals surface area contributed by atoms with Crippen LogP contribution in [0.1, 0.15) is 37.4 Å². The average molecular weight is 260 g/mol. The number of hydrogen-bond donors (Lipinski definition) is 1. The Labute approximate surface area is 113 Å². The number of carbonyl (C=O) groups excluding carboxylic acids is 2. The molecule has 1 aromatic carbocycles. The van der Waals surface area contributed by atoms with Crippen molar-refractivity contribution < 1.29 is 9.59 Å². The molecular formula is C15H20N2O2. The number of benzene rings is 1. The lowest BCUT2D eigenvalue weighted by atomic mass is 10.0. The van der Waals surface area contributed by atoms with E-state index in [1.807, 2.05) is 45.0 Å². The predicted molar refractivity (Wildman–Crippen MR) is 73.5 cm³/mol. The van der Waals surface area contributed by atoms with E-state index in [1.165, 1.54) is 5.56 Å². The van der Waals surface area contributed by atoms with Crippen molar-refractivity contribution in [3.05, 3.63) is 35.4 Å². The minimum Gasteiger partial charge on any atom is -0.343 e. The highest BCUT2D eigenvalue weighted by atomic mass is 16.2. The molecule has 0 aromatic heterocycles. The summed E-state index contributed by atoms with van der Waals surface area (Å²) in [7, 11) is 0. The number of carbonyl (C=O) groups is 2. The van der Waals surface area contributed by atoms with Crippen molar-refractivity contribution in [2.45, 2.75) is 39.3 Å². The number of amides is 2. The second-order valence-electron chi connectivity index (χ2n) is 5.08. The van der Waals surface area contributed by atoms with Gasteiger partial charge in [0.2, 0.25) is 11.8 Å². The molecule has 1 fully saturated rings. The van der Waals surface area contributed by atoms with Crippen molar-refractivity contribution in [1.29, 1.82) is 0 Å². The van der Waals surface area contributed by atoms with E-state index in [9.17, 15) is 9.59 Å². The molecule has 1 aliphatic rings. The highest BCUT2D eigenvalue weighted by molar-refractivity contribution is 5.95. The van der Waals surface area contributed by atoms with Crippen molar-refractivity contribution in [2.75, 3.05) is 6.54 Å². The zero-order valence-electron chi connectivity index (χ0n) is 11.6. The van der Waals surface area contributed by atoms with Crippen LogP contribution in [0.3, 0.4) is 0 Å². The van der Waals surface area contributed by atoms with Gasteiger partial charge in [-0.15, -0.1) is 0 Å². The van der Waals surface area contributed by atoms with Crippen molar-refractivity contribution in [2.24, 2.45) is 0 Å². The number of hydrogen-bond acceptors (Lipinski definition) is 2. The third-order valence-electron chi connectivity index (χ3n) is 3.67. The fourth-order valence-corrected chi connectivity index (χ4v) is 2.36. The molecule has 1 saturated heterocycles. The summed E-state index contributed by atoms with van der Waals surface area (Å²) in [4.78, 5) is 25.6. The summed E-state index contributed by atoms with van der Waals surface area (Å²) in [5.74, 6) is -0.0689. The van der Waals surface area contributed by atoms with Crippen LogP contribution >= 0.6 is 0 Å². The summed E-state index contributed by atoms with van der Waals surface area (Å²) in [5, 5.41) is 2.73. The van der Waals surface area contributed by atoms with Gasteiger partial charge < -0.3 is 10.2 Å². The summed E-state index contributed by atoms with van der Waals surface area (Å²) in [5.41, 5.74) is 2.24. The van der Waals surface area contributed by atoms with Gasteiger partial charge in [-0.25, -0.2) is 0 Å². The van der Waals surface area contributed by atoms with Gasteiger partial charge in [0.05, 0.1) is 6.04 Å². The van der Waals surface area contributed by atoms with Crippen molar-refractivity contribution in [3.63, 3.8) is 0 Å². The summed E-state index contributed by atoms with van der Waals surface area (Å²) >= 11 is 0. The lowest BCUT2D eigenvalue weighted by Crippen LogP contribution is -2.58. The fourth-order valence-electron chi connectivity index (χ4n) is 2.36. The van der Waals surface area contributed by atoms with Gasteiger partial charge in [0.25, 0.3) is 0 Å². The maximum absolute atomic E-state index is 12.3. The molecule has 0 spiro atoms. The van der Waals surface area contributed by atoms with E-state index in [2.05, 4.69) is 5.32 Å². The van der Waals surface area contributed by atoms with E-state index in [0.717, 1.165) is 5.56 Å². The number of nitrogens with one attached hydrogen (secondary N) is 1. The summed E-state index contributed by atoms with van der Waals surface area (Å²) in [6.45, 7) is 6.04. The zero-order chi connectivity index (χ0) is 14.0. The van der Waals surface area contributed by atoms with E-state index in [1.54, 1.807) is 4.90 Å². The van der Waals surface area contributed by atoms with Crippen LogP contribution in [0.25, 0.3) is 0 Å². The Morgan fingerprint density at radius 1 is 1.32 bits per heavy atom. The third kappa shape index (κ3) is 2.78. The Bertz CT molecular complexity index is 481. The van der Waals surface area contributed by atoms with Gasteiger partial charge in [-0.2, -0.15) is 0 Å². The second-order valence-corrected chi connectivity index (χ2v) is 5.08. The van der Waals surface area contributed by atoms with E-state index >= 15 is 0 Å². The van der Waals surface area contributed by atoms with Gasteiger partial charge in [-0.3, -0.25) is 9.59 Å². The average Bonchev–Trinajstić information content (AvgIpc) is 2.41. The van der Waals surface area contributed by atoms with Gasteiger partial charge in [0.15, 0.2) is 0 Å². The maximum atomic E-state index is 12.3. The fraction of sp³-hybridized carbons (Fsp3) is 0.467. The molecule has 1 aliphatic heterocycles. The molecule has 102 valence electrons. The van der Waals surface area contributed by atoms with E-state index in [0.29, 0.717) is 6.42 Å². The zero-order valence-corrected chi connectivity index (χ0v) is 11.6. The summed E-state index contributed by atoms with van der Waals surface area (Å²) in [6.07, 6.45) is 0.627. The first-order chi connectivity index (χ1) is 9.02. The predicted octanol–water partition coefficient (Wildman–Crippen LogP) is 1.79. The first-order valence-corrected chi connectivity index (χ1v) is 6.69. The highest BCUT2D eigenvalue weighted by Gasteiger charge is 2.34. The molecule has 1 aromatic rings. The first kappa shape index (κ1) is 13.6. The molecule has 1 N–H and O–H groups in total. The van der Waals surface area contributed by atoms with Crippen LogP contribution in [0.2, 0.25) is 0 Å². The molecule has 1 heterocycles. The summed E-state index contributed by atoms with van der Waals surface area (Å²) < 4.78 is 0. The van der Waals surface area contributed by atoms with E-state index < -0.39 is 0 Å². The topological polar surface area (TPSA) is 49.4 Å². The molecule has 0 saturated carbocycles. The third-order valence-corrected chi connectivity index (χ3v) is 3.67. The molecule has 19 heavy (non-hydrogen) atoms. The molecule has 2 rings (SSSR count). The van der Waals surface area contributed by atoms with Crippen LogP contribution in [0.5, 0.6) is 0 Å². The minimum absolute atomic E-state index is 0.00942. The van der Waals surface area contributed by atoms with Crippen LogP contribution in [0, 0.1) is 6.92 Å². The van der Waals surface area contributed by atoms with Gasteiger partial charge >= 0.3 is 0 Å². The Balaban J connectivity index is 2.21. The van der Waals surface area contributed by atoms with Crippen LogP contribution in [-0.4, -0.2) is 29.3 Å². The molecule has 0 aliphatic carbocycles. The van der Waals surface area contributed by atoms with E-state index in [4.69, 9.17) is 0 Å². The normalized spacial score (nSPS) is 21.2. The Morgan fingerprint density at radius 3 is 2.53 bits per heavy atom. The van der Waals surface area contributed by atoms with Crippen molar-refractivity contribution in [1.82, 2.24) is 10.2 Å². The van der Waals surface area contributed by atoms with Gasteiger partial charge in [-0.05, 0) is 25.8 Å². The Hall–Kier alpha value is -1.84. The molecule has 4 nitrogen and oxygen atoms in total. The van der Waals surface area contributed by atoms with E-state index in [-0.39, 0.29) is 30.4 Å². The monoisotopic (exact) mass is 260 g/mol. The quantitative estimate of drug-likeness (QED) is 0.900. The molecular weight excluding hydrogens is 240 g/mol. The maximum Gasteiger partial charge on any atom is 0.246 e. The number of rotatable bonds is 3. The lowest BCUT2D eigenvalue weighted by molar-refractivity contribution is -0.146. The largest absolute Gasteiger partial charge is 0.343 e. The Morgan fingerprint density at radius 2 is 1.95 bits per heavy atom. The standard InChI is InChI=1S/C15H20N2O2/c1-4-13-15(19)17(9-14(18)16-13)11(3)12-7-5-10(2)6-8-12/h5-8,11,13H,4,9H2,1-3H3,(H,16,18). The molecule has 2 atom stereocenters. The smallest absolute Gasteiger partial charge is 0.246 e. The van der Waals surface area contributed by atoms with Crippen LogP contribution in [0.15, 0.2) is 24.3 Å². The number of nitrogens with zero attached hydrogens (tertiary/aromatic N) is 1. The summed E-state index contributed by atoms with van der Waals surface area (Å²) in [6, 6.07) is 7.62. The van der Waals surface area contributed by atoms with Crippen LogP contribution in [0.4, 0.5) is 0 Å². The molecule has 0 bridgehead atoms. The first-order valence-electron chi connectivity index (χ1n) is 6.69. The minimum atomic E-state index is -0.380. The molecule has 2 unspecified atom stereocenters. The molecule has 4 heteroatoms. The molecule has 2 amide bonds. The number of aryl methyl sites for hydroxylation is 1. The van der Waals surface area contributed by atoms with Gasteiger partial charge in [0.1, 0.15) is 12.6 Å². The second kappa shape index (κ2) is 5.43. The van der Waals surface area contributed by atoms with Gasteiger partial charge in [-0.1, -0.05) is 36.8 Å². The SMILES string of the molecule is CCC1NC(=O)CN(C(C)c2ccc(C)cc2)C1=O. The van der Waals surface area contributed by atoms with Crippen molar-refractivity contribution >= 4 is 11.8 Å².